The van der Waals surface area contributed by atoms with E-state index in [1.165, 1.54) is 0 Å². The van der Waals surface area contributed by atoms with Crippen LogP contribution in [0.1, 0.15) is 12.5 Å². The number of carbonyl (C=O) groups is 1. The van der Waals surface area contributed by atoms with Crippen molar-refractivity contribution in [2.75, 3.05) is 26.7 Å². The number of H-pyrrole nitrogens is 1. The number of likely N-dealkylation sites (tertiary alicyclic amines) is 1. The SMILES string of the molecule is CC(=O)N1CC(CN(C)Cc2cnc3cc(Oc4ccc(-c5ccn[nH]5)cn4)ccc3c2)C1. The van der Waals surface area contributed by atoms with Gasteiger partial charge in [0.15, 0.2) is 0 Å². The van der Waals surface area contributed by atoms with Gasteiger partial charge in [-0.15, -0.1) is 0 Å². The Morgan fingerprint density at radius 1 is 1.15 bits per heavy atom. The number of nitrogens with one attached hydrogen (secondary N) is 1. The minimum absolute atomic E-state index is 0.165. The molecule has 4 aromatic rings. The molecule has 4 heterocycles. The molecule has 0 radical (unpaired) electrons. The first-order valence-electron chi connectivity index (χ1n) is 11.0. The summed E-state index contributed by atoms with van der Waals surface area (Å²) >= 11 is 0. The molecule has 8 nitrogen and oxygen atoms in total. The number of nitrogens with zero attached hydrogens (tertiary/aromatic N) is 5. The molecule has 3 aromatic heterocycles. The summed E-state index contributed by atoms with van der Waals surface area (Å²) in [7, 11) is 2.11. The van der Waals surface area contributed by atoms with Crippen LogP contribution in [0.3, 0.4) is 0 Å². The molecule has 1 saturated heterocycles. The second-order valence-electron chi connectivity index (χ2n) is 8.64. The predicted octanol–water partition coefficient (Wildman–Crippen LogP) is 3.72. The van der Waals surface area contributed by atoms with E-state index in [9.17, 15) is 4.79 Å². The number of fused-ring (bicyclic) bond motifs is 1. The van der Waals surface area contributed by atoms with Crippen LogP contribution in [0.4, 0.5) is 0 Å². The first-order valence-corrected chi connectivity index (χ1v) is 11.0. The van der Waals surface area contributed by atoms with Crippen LogP contribution in [0, 0.1) is 5.92 Å². The highest BCUT2D eigenvalue weighted by Crippen LogP contribution is 2.26. The molecule has 1 aliphatic rings. The monoisotopic (exact) mass is 442 g/mol. The molecule has 0 aliphatic carbocycles. The molecule has 0 spiro atoms. The lowest BCUT2D eigenvalue weighted by molar-refractivity contribution is -0.135. The zero-order valence-electron chi connectivity index (χ0n) is 18.7. The van der Waals surface area contributed by atoms with Gasteiger partial charge in [-0.1, -0.05) is 0 Å². The minimum atomic E-state index is 0.165. The fourth-order valence-electron chi connectivity index (χ4n) is 4.19. The van der Waals surface area contributed by atoms with E-state index in [-0.39, 0.29) is 5.91 Å². The summed E-state index contributed by atoms with van der Waals surface area (Å²) in [6.45, 7) is 5.15. The number of amides is 1. The van der Waals surface area contributed by atoms with Crippen molar-refractivity contribution in [2.45, 2.75) is 13.5 Å². The normalized spacial score (nSPS) is 14.0. The predicted molar refractivity (Wildman–Crippen MR) is 126 cm³/mol. The van der Waals surface area contributed by atoms with E-state index >= 15 is 0 Å². The van der Waals surface area contributed by atoms with Crippen molar-refractivity contribution in [1.82, 2.24) is 30.0 Å². The quantitative estimate of drug-likeness (QED) is 0.469. The van der Waals surface area contributed by atoms with Gasteiger partial charge in [0.1, 0.15) is 5.75 Å². The van der Waals surface area contributed by atoms with Gasteiger partial charge in [-0.05, 0) is 42.9 Å². The molecule has 5 rings (SSSR count). The second kappa shape index (κ2) is 8.99. The third-order valence-corrected chi connectivity index (χ3v) is 5.91. The topological polar surface area (TPSA) is 87.2 Å². The zero-order valence-corrected chi connectivity index (χ0v) is 18.7. The Bertz CT molecular complexity index is 1250. The fraction of sp³-hybridized carbons (Fsp3) is 0.280. The molecule has 1 N–H and O–H groups in total. The molecule has 1 aromatic carbocycles. The van der Waals surface area contributed by atoms with Gasteiger partial charge in [-0.3, -0.25) is 14.9 Å². The molecule has 8 heteroatoms. The lowest BCUT2D eigenvalue weighted by Gasteiger charge is -2.40. The van der Waals surface area contributed by atoms with Crippen molar-refractivity contribution in [3.05, 3.63) is 66.6 Å². The van der Waals surface area contributed by atoms with E-state index in [2.05, 4.69) is 38.2 Å². The number of benzene rings is 1. The molecule has 1 fully saturated rings. The van der Waals surface area contributed by atoms with Crippen LogP contribution >= 0.6 is 0 Å². The molecule has 1 aliphatic heterocycles. The summed E-state index contributed by atoms with van der Waals surface area (Å²) in [5.41, 5.74) is 3.91. The van der Waals surface area contributed by atoms with Crippen molar-refractivity contribution in [2.24, 2.45) is 5.92 Å². The van der Waals surface area contributed by atoms with E-state index in [1.807, 2.05) is 47.5 Å². The number of ether oxygens (including phenoxy) is 1. The number of pyridine rings is 2. The van der Waals surface area contributed by atoms with Crippen LogP contribution in [-0.2, 0) is 11.3 Å². The maximum atomic E-state index is 11.3. The molecule has 0 unspecified atom stereocenters. The Labute approximate surface area is 192 Å². The summed E-state index contributed by atoms with van der Waals surface area (Å²) in [5, 5.41) is 7.96. The number of aromatic nitrogens is 4. The number of rotatable bonds is 7. The molecule has 0 saturated carbocycles. The Morgan fingerprint density at radius 2 is 2.03 bits per heavy atom. The number of carbonyl (C=O) groups excluding carboxylic acids is 1. The average molecular weight is 443 g/mol. The molecule has 33 heavy (non-hydrogen) atoms. The van der Waals surface area contributed by atoms with Crippen LogP contribution in [0.25, 0.3) is 22.2 Å². The number of hydrogen-bond acceptors (Lipinski definition) is 6. The van der Waals surface area contributed by atoms with Crippen LogP contribution in [-0.4, -0.2) is 62.6 Å². The standard InChI is InChI=1S/C25H26N6O2/c1-17(32)31-15-19(16-31)14-30(2)13-18-9-20-3-5-22(10-24(20)26-11-18)33-25-6-4-21(12-27-25)23-7-8-28-29-23/h3-12,19H,13-16H2,1-2H3,(H,28,29). The van der Waals surface area contributed by atoms with E-state index in [4.69, 9.17) is 4.74 Å². The van der Waals surface area contributed by atoms with Gasteiger partial charge in [0, 0.05) is 80.7 Å². The zero-order chi connectivity index (χ0) is 22.8. The van der Waals surface area contributed by atoms with Crippen LogP contribution in [0.15, 0.2) is 61.1 Å². The Hall–Kier alpha value is -3.78. The Balaban J connectivity index is 1.20. The van der Waals surface area contributed by atoms with Gasteiger partial charge in [0.25, 0.3) is 0 Å². The van der Waals surface area contributed by atoms with Gasteiger partial charge in [0.2, 0.25) is 11.8 Å². The summed E-state index contributed by atoms with van der Waals surface area (Å²) < 4.78 is 5.93. The molecular weight excluding hydrogens is 416 g/mol. The van der Waals surface area contributed by atoms with Gasteiger partial charge in [0.05, 0.1) is 11.2 Å². The van der Waals surface area contributed by atoms with Gasteiger partial charge < -0.3 is 14.5 Å². The van der Waals surface area contributed by atoms with Gasteiger partial charge >= 0.3 is 0 Å². The first-order chi connectivity index (χ1) is 16.0. The third kappa shape index (κ3) is 4.85. The first kappa shape index (κ1) is 21.1. The maximum absolute atomic E-state index is 11.3. The lowest BCUT2D eigenvalue weighted by Crippen LogP contribution is -2.52. The van der Waals surface area contributed by atoms with Crippen molar-refractivity contribution < 1.29 is 9.53 Å². The molecule has 168 valence electrons. The van der Waals surface area contributed by atoms with Crippen molar-refractivity contribution in [3.63, 3.8) is 0 Å². The van der Waals surface area contributed by atoms with Crippen molar-refractivity contribution in [1.29, 1.82) is 0 Å². The highest BCUT2D eigenvalue weighted by Gasteiger charge is 2.29. The highest BCUT2D eigenvalue weighted by atomic mass is 16.5. The second-order valence-corrected chi connectivity index (χ2v) is 8.64. The fourth-order valence-corrected chi connectivity index (χ4v) is 4.19. The van der Waals surface area contributed by atoms with Crippen molar-refractivity contribution >= 4 is 16.8 Å². The molecule has 0 atom stereocenters. The van der Waals surface area contributed by atoms with E-state index < -0.39 is 0 Å². The van der Waals surface area contributed by atoms with Gasteiger partial charge in [-0.2, -0.15) is 5.10 Å². The van der Waals surface area contributed by atoms with E-state index in [1.54, 1.807) is 19.3 Å². The summed E-state index contributed by atoms with van der Waals surface area (Å²) in [6.07, 6.45) is 5.39. The maximum Gasteiger partial charge on any atom is 0.219 e. The number of hydrogen-bond donors (Lipinski definition) is 1. The smallest absolute Gasteiger partial charge is 0.219 e. The van der Waals surface area contributed by atoms with Crippen LogP contribution in [0.5, 0.6) is 11.6 Å². The van der Waals surface area contributed by atoms with E-state index in [0.29, 0.717) is 17.5 Å². The number of aromatic amines is 1. The summed E-state index contributed by atoms with van der Waals surface area (Å²) in [5.74, 6) is 1.93. The summed E-state index contributed by atoms with van der Waals surface area (Å²) in [6, 6.07) is 13.7. The largest absolute Gasteiger partial charge is 0.439 e. The Kier molecular flexibility index (Phi) is 5.75. The van der Waals surface area contributed by atoms with E-state index in [0.717, 1.165) is 53.9 Å². The highest BCUT2D eigenvalue weighted by molar-refractivity contribution is 5.80. The Morgan fingerprint density at radius 3 is 2.76 bits per heavy atom. The minimum Gasteiger partial charge on any atom is -0.439 e. The van der Waals surface area contributed by atoms with Crippen LogP contribution < -0.4 is 4.74 Å². The van der Waals surface area contributed by atoms with Crippen molar-refractivity contribution in [3.8, 4) is 22.9 Å². The summed E-state index contributed by atoms with van der Waals surface area (Å²) in [4.78, 5) is 24.6. The average Bonchev–Trinajstić information content (AvgIpc) is 3.31. The molecule has 1 amide bonds. The third-order valence-electron chi connectivity index (χ3n) is 5.91. The molecule has 0 bridgehead atoms. The molecular formula is C25H26N6O2. The van der Waals surface area contributed by atoms with Crippen LogP contribution in [0.2, 0.25) is 0 Å². The lowest BCUT2D eigenvalue weighted by atomic mass is 9.99. The van der Waals surface area contributed by atoms with Gasteiger partial charge in [-0.25, -0.2) is 4.98 Å².